The summed E-state index contributed by atoms with van der Waals surface area (Å²) < 4.78 is 26.9. The highest BCUT2D eigenvalue weighted by atomic mass is 32.2. The molecule has 0 aliphatic rings. The number of nitrogens with one attached hydrogen (secondary N) is 1. The Bertz CT molecular complexity index is 694. The van der Waals surface area contributed by atoms with Gasteiger partial charge < -0.3 is 10.2 Å². The normalized spacial score (nSPS) is 12.2. The van der Waals surface area contributed by atoms with Gasteiger partial charge in [0.25, 0.3) is 0 Å². The Morgan fingerprint density at radius 2 is 1.92 bits per heavy atom. The number of nitrogens with zero attached hydrogens (tertiary/aromatic N) is 1. The Morgan fingerprint density at radius 3 is 2.58 bits per heavy atom. The zero-order valence-corrected chi connectivity index (χ0v) is 14.4. The van der Waals surface area contributed by atoms with Crippen molar-refractivity contribution in [3.05, 3.63) is 65.7 Å². The Labute approximate surface area is 145 Å². The molecule has 24 heavy (non-hydrogen) atoms. The standard InChI is InChI=1S/C18H20F2N2OS/c1-22(2)16(13-6-5-7-14(19)10-13)11-21-18(23)12-24-17-9-4-3-8-15(17)20/h3-10,16H,11-12H2,1-2H3,(H,21,23). The molecule has 0 fully saturated rings. The molecule has 128 valence electrons. The highest BCUT2D eigenvalue weighted by Gasteiger charge is 2.16. The number of hydrogen-bond donors (Lipinski definition) is 1. The number of carbonyl (C=O) groups excluding carboxylic acids is 1. The molecular formula is C18H20F2N2OS. The van der Waals surface area contributed by atoms with Crippen LogP contribution in [0.3, 0.4) is 0 Å². The van der Waals surface area contributed by atoms with Crippen LogP contribution in [-0.2, 0) is 4.79 Å². The fourth-order valence-corrected chi connectivity index (χ4v) is 3.05. The van der Waals surface area contributed by atoms with Crippen molar-refractivity contribution in [3.8, 4) is 0 Å². The first kappa shape index (κ1) is 18.4. The van der Waals surface area contributed by atoms with Gasteiger partial charge in [0.15, 0.2) is 0 Å². The monoisotopic (exact) mass is 350 g/mol. The van der Waals surface area contributed by atoms with E-state index in [2.05, 4.69) is 5.32 Å². The SMILES string of the molecule is CN(C)C(CNC(=O)CSc1ccccc1F)c1cccc(F)c1. The van der Waals surface area contributed by atoms with Crippen LogP contribution < -0.4 is 5.32 Å². The molecule has 0 saturated carbocycles. The topological polar surface area (TPSA) is 32.3 Å². The van der Waals surface area contributed by atoms with Crippen molar-refractivity contribution in [2.45, 2.75) is 10.9 Å². The molecule has 2 aromatic rings. The van der Waals surface area contributed by atoms with E-state index in [9.17, 15) is 13.6 Å². The van der Waals surface area contributed by atoms with Crippen LogP contribution in [-0.4, -0.2) is 37.2 Å². The Hall–Kier alpha value is -1.92. The van der Waals surface area contributed by atoms with E-state index in [-0.39, 0.29) is 29.3 Å². The number of carbonyl (C=O) groups is 1. The molecule has 1 atom stereocenters. The number of thioether (sulfide) groups is 1. The molecule has 0 aliphatic carbocycles. The van der Waals surface area contributed by atoms with Gasteiger partial charge in [-0.15, -0.1) is 11.8 Å². The largest absolute Gasteiger partial charge is 0.353 e. The summed E-state index contributed by atoms with van der Waals surface area (Å²) >= 11 is 1.15. The number of hydrogen-bond acceptors (Lipinski definition) is 3. The lowest BCUT2D eigenvalue weighted by Gasteiger charge is -2.25. The van der Waals surface area contributed by atoms with Crippen molar-refractivity contribution in [2.75, 3.05) is 26.4 Å². The van der Waals surface area contributed by atoms with E-state index < -0.39 is 0 Å². The summed E-state index contributed by atoms with van der Waals surface area (Å²) in [5.41, 5.74) is 0.794. The first-order valence-electron chi connectivity index (χ1n) is 7.53. The maximum atomic E-state index is 13.5. The molecule has 0 heterocycles. The van der Waals surface area contributed by atoms with Crippen LogP contribution in [0.4, 0.5) is 8.78 Å². The van der Waals surface area contributed by atoms with Gasteiger partial charge in [0.05, 0.1) is 11.8 Å². The average molecular weight is 350 g/mol. The van der Waals surface area contributed by atoms with Gasteiger partial charge >= 0.3 is 0 Å². The third-order valence-corrected chi connectivity index (χ3v) is 4.59. The first-order valence-corrected chi connectivity index (χ1v) is 8.52. The van der Waals surface area contributed by atoms with Crippen molar-refractivity contribution in [1.82, 2.24) is 10.2 Å². The molecule has 0 aromatic heterocycles. The minimum atomic E-state index is -0.332. The lowest BCUT2D eigenvalue weighted by Crippen LogP contribution is -2.35. The van der Waals surface area contributed by atoms with Crippen LogP contribution in [0.15, 0.2) is 53.4 Å². The number of halogens is 2. The zero-order valence-electron chi connectivity index (χ0n) is 13.6. The van der Waals surface area contributed by atoms with Gasteiger partial charge in [0.1, 0.15) is 11.6 Å². The number of benzene rings is 2. The summed E-state index contributed by atoms with van der Waals surface area (Å²) in [6, 6.07) is 12.5. The van der Waals surface area contributed by atoms with Crippen LogP contribution in [0.25, 0.3) is 0 Å². The lowest BCUT2D eigenvalue weighted by atomic mass is 10.1. The summed E-state index contributed by atoms with van der Waals surface area (Å²) in [7, 11) is 3.74. The van der Waals surface area contributed by atoms with Crippen LogP contribution in [0.5, 0.6) is 0 Å². The molecular weight excluding hydrogens is 330 g/mol. The van der Waals surface area contributed by atoms with Crippen LogP contribution in [0, 0.1) is 11.6 Å². The Kier molecular flexibility index (Phi) is 6.75. The lowest BCUT2D eigenvalue weighted by molar-refractivity contribution is -0.118. The third-order valence-electron chi connectivity index (χ3n) is 3.54. The molecule has 2 rings (SSSR count). The molecule has 1 amide bonds. The molecule has 6 heteroatoms. The van der Waals surface area contributed by atoms with E-state index in [1.165, 1.54) is 18.2 Å². The average Bonchev–Trinajstić information content (AvgIpc) is 2.54. The summed E-state index contributed by atoms with van der Waals surface area (Å²) in [5, 5.41) is 2.83. The van der Waals surface area contributed by atoms with Gasteiger partial charge in [-0.2, -0.15) is 0 Å². The maximum absolute atomic E-state index is 13.5. The van der Waals surface area contributed by atoms with Crippen molar-refractivity contribution in [2.24, 2.45) is 0 Å². The zero-order chi connectivity index (χ0) is 17.5. The van der Waals surface area contributed by atoms with Crippen LogP contribution >= 0.6 is 11.8 Å². The quantitative estimate of drug-likeness (QED) is 0.776. The number of likely N-dealkylation sites (N-methyl/N-ethyl adjacent to an activating group) is 1. The number of amides is 1. The van der Waals surface area contributed by atoms with Gasteiger partial charge in [0, 0.05) is 11.4 Å². The second kappa shape index (κ2) is 8.80. The third kappa shape index (κ3) is 5.32. The molecule has 3 nitrogen and oxygen atoms in total. The molecule has 2 aromatic carbocycles. The summed E-state index contributed by atoms with van der Waals surface area (Å²) in [5.74, 6) is -0.696. The molecule has 0 saturated heterocycles. The van der Waals surface area contributed by atoms with Gasteiger partial charge in [0.2, 0.25) is 5.91 Å². The summed E-state index contributed by atoms with van der Waals surface area (Å²) in [4.78, 5) is 14.4. The molecule has 0 radical (unpaired) electrons. The molecule has 0 bridgehead atoms. The van der Waals surface area contributed by atoms with E-state index in [0.717, 1.165) is 17.3 Å². The first-order chi connectivity index (χ1) is 11.5. The summed E-state index contributed by atoms with van der Waals surface area (Å²) in [6.45, 7) is 0.354. The molecule has 1 N–H and O–H groups in total. The second-order valence-corrected chi connectivity index (χ2v) is 6.57. The van der Waals surface area contributed by atoms with Crippen LogP contribution in [0.1, 0.15) is 11.6 Å². The van der Waals surface area contributed by atoms with E-state index in [1.807, 2.05) is 25.1 Å². The fourth-order valence-electron chi connectivity index (χ4n) is 2.28. The molecule has 0 spiro atoms. The van der Waals surface area contributed by atoms with E-state index in [0.29, 0.717) is 11.4 Å². The predicted octanol–water partition coefficient (Wildman–Crippen LogP) is 3.48. The van der Waals surface area contributed by atoms with Gasteiger partial charge in [-0.25, -0.2) is 8.78 Å². The van der Waals surface area contributed by atoms with Crippen molar-refractivity contribution in [3.63, 3.8) is 0 Å². The molecule has 0 aliphatic heterocycles. The van der Waals surface area contributed by atoms with E-state index in [4.69, 9.17) is 0 Å². The minimum absolute atomic E-state index is 0.129. The van der Waals surface area contributed by atoms with Crippen LogP contribution in [0.2, 0.25) is 0 Å². The highest BCUT2D eigenvalue weighted by Crippen LogP contribution is 2.21. The van der Waals surface area contributed by atoms with Crippen molar-refractivity contribution >= 4 is 17.7 Å². The van der Waals surface area contributed by atoms with Crippen molar-refractivity contribution < 1.29 is 13.6 Å². The van der Waals surface area contributed by atoms with Gasteiger partial charge in [-0.1, -0.05) is 24.3 Å². The summed E-state index contributed by atoms with van der Waals surface area (Å²) in [6.07, 6.45) is 0. The minimum Gasteiger partial charge on any atom is -0.353 e. The number of rotatable bonds is 7. The second-order valence-electron chi connectivity index (χ2n) is 5.56. The van der Waals surface area contributed by atoms with Gasteiger partial charge in [-0.3, -0.25) is 4.79 Å². The fraction of sp³-hybridized carbons (Fsp3) is 0.278. The Balaban J connectivity index is 1.90. The highest BCUT2D eigenvalue weighted by molar-refractivity contribution is 8.00. The molecule has 1 unspecified atom stereocenters. The predicted molar refractivity (Wildman–Crippen MR) is 93.0 cm³/mol. The Morgan fingerprint density at radius 1 is 1.17 bits per heavy atom. The maximum Gasteiger partial charge on any atom is 0.230 e. The smallest absolute Gasteiger partial charge is 0.230 e. The van der Waals surface area contributed by atoms with E-state index in [1.54, 1.807) is 24.3 Å². The van der Waals surface area contributed by atoms with Crippen molar-refractivity contribution in [1.29, 1.82) is 0 Å². The van der Waals surface area contributed by atoms with E-state index >= 15 is 0 Å². The van der Waals surface area contributed by atoms with Gasteiger partial charge in [-0.05, 0) is 43.9 Å².